The Hall–Kier alpha value is -0.0800. The zero-order valence-electron chi connectivity index (χ0n) is 12.8. The van der Waals surface area contributed by atoms with E-state index in [-0.39, 0.29) is 0 Å². The lowest BCUT2D eigenvalue weighted by molar-refractivity contribution is -0.0973. The molecule has 0 bridgehead atoms. The fourth-order valence-corrected chi connectivity index (χ4v) is 4.56. The van der Waals surface area contributed by atoms with E-state index in [9.17, 15) is 0 Å². The summed E-state index contributed by atoms with van der Waals surface area (Å²) in [5.41, 5.74) is 0.335. The summed E-state index contributed by atoms with van der Waals surface area (Å²) in [6.45, 7) is 5.69. The molecule has 3 rings (SSSR count). The smallest absolute Gasteiger partial charge is 0.0729 e. The second-order valence-corrected chi connectivity index (χ2v) is 7.53. The number of ether oxygens (including phenoxy) is 1. The van der Waals surface area contributed by atoms with Crippen LogP contribution >= 0.6 is 0 Å². The van der Waals surface area contributed by atoms with Crippen LogP contribution in [-0.2, 0) is 4.74 Å². The maximum atomic E-state index is 6.27. The summed E-state index contributed by atoms with van der Waals surface area (Å²) in [6.07, 6.45) is 12.7. The fraction of sp³-hybridized carbons (Fsp3) is 1.00. The second-order valence-electron chi connectivity index (χ2n) is 7.53. The molecule has 1 heterocycles. The molecule has 1 aliphatic heterocycles. The van der Waals surface area contributed by atoms with Gasteiger partial charge in [0.05, 0.1) is 12.7 Å². The summed E-state index contributed by atoms with van der Waals surface area (Å²) in [5, 5.41) is 4.05. The van der Waals surface area contributed by atoms with Crippen LogP contribution in [0.15, 0.2) is 0 Å². The topological polar surface area (TPSA) is 21.3 Å². The van der Waals surface area contributed by atoms with Gasteiger partial charge < -0.3 is 10.1 Å². The standard InChI is InChI=1S/C17H31NO/c1-3-4-14-5-6-16-15(11-14)18-17(12-19-16)9-7-13(2)8-10-17/h13-16,18H,3-12H2,1-2H3. The highest BCUT2D eigenvalue weighted by atomic mass is 16.5. The van der Waals surface area contributed by atoms with Crippen LogP contribution in [0, 0.1) is 11.8 Å². The van der Waals surface area contributed by atoms with Crippen molar-refractivity contribution in [2.45, 2.75) is 89.3 Å². The Morgan fingerprint density at radius 3 is 2.68 bits per heavy atom. The van der Waals surface area contributed by atoms with Crippen LogP contribution in [-0.4, -0.2) is 24.3 Å². The molecule has 2 aliphatic carbocycles. The number of fused-ring (bicyclic) bond motifs is 1. The van der Waals surface area contributed by atoms with Gasteiger partial charge in [0.25, 0.3) is 0 Å². The lowest BCUT2D eigenvalue weighted by Crippen LogP contribution is -2.64. The molecule has 1 saturated heterocycles. The lowest BCUT2D eigenvalue weighted by atomic mass is 9.73. The van der Waals surface area contributed by atoms with E-state index in [2.05, 4.69) is 19.2 Å². The van der Waals surface area contributed by atoms with E-state index in [0.717, 1.165) is 18.4 Å². The van der Waals surface area contributed by atoms with Crippen LogP contribution in [0.5, 0.6) is 0 Å². The quantitative estimate of drug-likeness (QED) is 0.818. The maximum absolute atomic E-state index is 6.27. The molecule has 3 aliphatic rings. The average molecular weight is 265 g/mol. The Labute approximate surface area is 118 Å². The average Bonchev–Trinajstić information content (AvgIpc) is 2.43. The molecule has 2 saturated carbocycles. The Balaban J connectivity index is 1.61. The minimum Gasteiger partial charge on any atom is -0.375 e. The highest BCUT2D eigenvalue weighted by Crippen LogP contribution is 2.39. The molecule has 2 heteroatoms. The van der Waals surface area contributed by atoms with Crippen molar-refractivity contribution in [3.05, 3.63) is 0 Å². The minimum atomic E-state index is 0.335. The third-order valence-electron chi connectivity index (χ3n) is 5.89. The Morgan fingerprint density at radius 2 is 1.95 bits per heavy atom. The highest BCUT2D eigenvalue weighted by Gasteiger charge is 2.44. The third kappa shape index (κ3) is 3.00. The van der Waals surface area contributed by atoms with Crippen LogP contribution in [0.25, 0.3) is 0 Å². The van der Waals surface area contributed by atoms with Gasteiger partial charge in [-0.2, -0.15) is 0 Å². The van der Waals surface area contributed by atoms with Gasteiger partial charge in [0.2, 0.25) is 0 Å². The minimum absolute atomic E-state index is 0.335. The molecule has 0 aromatic heterocycles. The van der Waals surface area contributed by atoms with Crippen molar-refractivity contribution in [1.29, 1.82) is 0 Å². The van der Waals surface area contributed by atoms with Gasteiger partial charge in [-0.1, -0.05) is 26.7 Å². The van der Waals surface area contributed by atoms with Gasteiger partial charge in [0.15, 0.2) is 0 Å². The Morgan fingerprint density at radius 1 is 1.16 bits per heavy atom. The van der Waals surface area contributed by atoms with Gasteiger partial charge in [-0.25, -0.2) is 0 Å². The van der Waals surface area contributed by atoms with E-state index < -0.39 is 0 Å². The van der Waals surface area contributed by atoms with Gasteiger partial charge >= 0.3 is 0 Å². The Kier molecular flexibility index (Phi) is 4.19. The second kappa shape index (κ2) is 5.73. The predicted molar refractivity (Wildman–Crippen MR) is 79.3 cm³/mol. The molecule has 3 unspecified atom stereocenters. The summed E-state index contributed by atoms with van der Waals surface area (Å²) in [4.78, 5) is 0. The van der Waals surface area contributed by atoms with Gasteiger partial charge in [-0.05, 0) is 56.8 Å². The van der Waals surface area contributed by atoms with Gasteiger partial charge in [-0.15, -0.1) is 0 Å². The normalized spacial score (nSPS) is 47.1. The first kappa shape index (κ1) is 13.9. The molecule has 0 radical (unpaired) electrons. The number of hydrogen-bond acceptors (Lipinski definition) is 2. The van der Waals surface area contributed by atoms with E-state index in [4.69, 9.17) is 4.74 Å². The summed E-state index contributed by atoms with van der Waals surface area (Å²) in [6, 6.07) is 0.646. The number of nitrogens with one attached hydrogen (secondary N) is 1. The first-order chi connectivity index (χ1) is 9.21. The fourth-order valence-electron chi connectivity index (χ4n) is 4.56. The zero-order valence-corrected chi connectivity index (χ0v) is 12.8. The van der Waals surface area contributed by atoms with Crippen LogP contribution in [0.1, 0.15) is 71.6 Å². The molecule has 19 heavy (non-hydrogen) atoms. The Bertz CT molecular complexity index is 296. The molecule has 2 nitrogen and oxygen atoms in total. The summed E-state index contributed by atoms with van der Waals surface area (Å²) in [7, 11) is 0. The van der Waals surface area contributed by atoms with Crippen LogP contribution in [0.2, 0.25) is 0 Å². The molecule has 0 amide bonds. The van der Waals surface area contributed by atoms with Crippen LogP contribution in [0.4, 0.5) is 0 Å². The van der Waals surface area contributed by atoms with Crippen molar-refractivity contribution >= 4 is 0 Å². The van der Waals surface area contributed by atoms with Gasteiger partial charge in [0, 0.05) is 11.6 Å². The van der Waals surface area contributed by atoms with E-state index in [1.807, 2.05) is 0 Å². The van der Waals surface area contributed by atoms with Crippen molar-refractivity contribution in [2.75, 3.05) is 6.61 Å². The molecule has 0 aromatic rings. The first-order valence-corrected chi connectivity index (χ1v) is 8.60. The summed E-state index contributed by atoms with van der Waals surface area (Å²) < 4.78 is 6.27. The van der Waals surface area contributed by atoms with E-state index in [1.54, 1.807) is 0 Å². The highest BCUT2D eigenvalue weighted by molar-refractivity contribution is 5.01. The van der Waals surface area contributed by atoms with Crippen molar-refractivity contribution in [2.24, 2.45) is 11.8 Å². The lowest BCUT2D eigenvalue weighted by Gasteiger charge is -2.51. The number of hydrogen-bond donors (Lipinski definition) is 1. The molecule has 0 aromatic carbocycles. The van der Waals surface area contributed by atoms with Crippen LogP contribution < -0.4 is 5.32 Å². The largest absolute Gasteiger partial charge is 0.375 e. The predicted octanol–water partition coefficient (Wildman–Crippen LogP) is 3.89. The van der Waals surface area contributed by atoms with Crippen LogP contribution in [0.3, 0.4) is 0 Å². The molecular weight excluding hydrogens is 234 g/mol. The molecule has 110 valence electrons. The summed E-state index contributed by atoms with van der Waals surface area (Å²) in [5.74, 6) is 1.87. The first-order valence-electron chi connectivity index (χ1n) is 8.60. The monoisotopic (exact) mass is 265 g/mol. The van der Waals surface area contributed by atoms with Crippen molar-refractivity contribution < 1.29 is 4.74 Å². The molecule has 3 atom stereocenters. The van der Waals surface area contributed by atoms with Crippen molar-refractivity contribution in [3.8, 4) is 0 Å². The molecule has 1 spiro atoms. The van der Waals surface area contributed by atoms with E-state index in [1.165, 1.54) is 57.8 Å². The summed E-state index contributed by atoms with van der Waals surface area (Å²) >= 11 is 0. The SMILES string of the molecule is CCCC1CCC2OCC3(CCC(C)CC3)NC2C1. The van der Waals surface area contributed by atoms with Crippen molar-refractivity contribution in [1.82, 2.24) is 5.32 Å². The van der Waals surface area contributed by atoms with E-state index in [0.29, 0.717) is 17.7 Å². The molecule has 1 N–H and O–H groups in total. The number of rotatable bonds is 2. The third-order valence-corrected chi connectivity index (χ3v) is 5.89. The van der Waals surface area contributed by atoms with Gasteiger partial charge in [0.1, 0.15) is 0 Å². The number of morpholine rings is 1. The molecular formula is C17H31NO. The zero-order chi connectivity index (χ0) is 13.3. The molecule has 3 fully saturated rings. The maximum Gasteiger partial charge on any atom is 0.0729 e. The van der Waals surface area contributed by atoms with E-state index >= 15 is 0 Å². The van der Waals surface area contributed by atoms with Crippen molar-refractivity contribution in [3.63, 3.8) is 0 Å². The van der Waals surface area contributed by atoms with Gasteiger partial charge in [-0.3, -0.25) is 0 Å².